The molecule has 0 aliphatic carbocycles. The number of amides is 2. The van der Waals surface area contributed by atoms with Crippen LogP contribution in [-0.4, -0.2) is 56.8 Å². The van der Waals surface area contributed by atoms with Crippen LogP contribution >= 0.6 is 0 Å². The Labute approximate surface area is 97.3 Å². The van der Waals surface area contributed by atoms with Crippen molar-refractivity contribution in [2.75, 3.05) is 13.7 Å². The maximum absolute atomic E-state index is 11.5. The quantitative estimate of drug-likeness (QED) is 0.528. The van der Waals surface area contributed by atoms with Gasteiger partial charge in [-0.1, -0.05) is 0 Å². The van der Waals surface area contributed by atoms with E-state index in [0.717, 1.165) is 0 Å². The highest BCUT2D eigenvalue weighted by atomic mass is 16.4. The summed E-state index contributed by atoms with van der Waals surface area (Å²) in [5.74, 6) is -0.703. The zero-order valence-electron chi connectivity index (χ0n) is 9.25. The van der Waals surface area contributed by atoms with Crippen LogP contribution in [0.25, 0.3) is 0 Å². The Morgan fingerprint density at radius 2 is 2.35 bits per heavy atom. The van der Waals surface area contributed by atoms with Gasteiger partial charge in [0.1, 0.15) is 5.82 Å². The predicted molar refractivity (Wildman–Crippen MR) is 57.1 cm³/mol. The maximum atomic E-state index is 11.5. The molecule has 0 saturated heterocycles. The first-order chi connectivity index (χ1) is 8.04. The van der Waals surface area contributed by atoms with Gasteiger partial charge in [-0.05, 0) is 0 Å². The van der Waals surface area contributed by atoms with Crippen LogP contribution < -0.4 is 5.32 Å². The minimum absolute atomic E-state index is 0.219. The molecular weight excluding hydrogens is 228 g/mol. The zero-order chi connectivity index (χ0) is 12.8. The van der Waals surface area contributed by atoms with Crippen LogP contribution in [0, 0.1) is 0 Å². The summed E-state index contributed by atoms with van der Waals surface area (Å²) in [6, 6.07) is -1.90. The first-order valence-electron chi connectivity index (χ1n) is 4.88. The fourth-order valence-corrected chi connectivity index (χ4v) is 1.13. The molecule has 1 atom stereocenters. The molecule has 0 aliphatic rings. The lowest BCUT2D eigenvalue weighted by Gasteiger charge is -2.19. The standard InChI is InChI=1S/C9H14N4O4/c1-13(4-7-10-2-3-11-7)9(17)12-6(5-14)8(15)16/h2-3,6,14H,4-5H2,1H3,(H,10,11)(H,12,17)(H,15,16)/t6-/m0/s1. The molecule has 8 nitrogen and oxygen atoms in total. The van der Waals surface area contributed by atoms with Crippen LogP contribution in [-0.2, 0) is 11.3 Å². The molecule has 0 aromatic carbocycles. The van der Waals surface area contributed by atoms with E-state index in [9.17, 15) is 9.59 Å². The molecule has 1 heterocycles. The minimum atomic E-state index is -1.30. The number of aromatic amines is 1. The van der Waals surface area contributed by atoms with Gasteiger partial charge >= 0.3 is 12.0 Å². The van der Waals surface area contributed by atoms with Crippen LogP contribution in [0.1, 0.15) is 5.82 Å². The van der Waals surface area contributed by atoms with Gasteiger partial charge in [-0.2, -0.15) is 0 Å². The lowest BCUT2D eigenvalue weighted by atomic mass is 10.3. The average molecular weight is 242 g/mol. The molecule has 0 saturated carbocycles. The topological polar surface area (TPSA) is 119 Å². The van der Waals surface area contributed by atoms with Crippen molar-refractivity contribution in [1.29, 1.82) is 0 Å². The summed E-state index contributed by atoms with van der Waals surface area (Å²) in [6.07, 6.45) is 3.17. The number of aromatic nitrogens is 2. The van der Waals surface area contributed by atoms with Gasteiger partial charge in [-0.25, -0.2) is 14.6 Å². The van der Waals surface area contributed by atoms with E-state index in [-0.39, 0.29) is 6.54 Å². The number of hydrogen-bond donors (Lipinski definition) is 4. The van der Waals surface area contributed by atoms with Gasteiger partial charge in [-0.15, -0.1) is 0 Å². The van der Waals surface area contributed by atoms with Crippen molar-refractivity contribution in [1.82, 2.24) is 20.2 Å². The second kappa shape index (κ2) is 5.85. The molecule has 0 fully saturated rings. The summed E-state index contributed by atoms with van der Waals surface area (Å²) in [4.78, 5) is 30.1. The number of carbonyl (C=O) groups is 2. The van der Waals surface area contributed by atoms with Gasteiger partial charge in [0, 0.05) is 19.4 Å². The molecule has 0 bridgehead atoms. The predicted octanol–water partition coefficient (Wildman–Crippen LogP) is -1.00. The summed E-state index contributed by atoms with van der Waals surface area (Å²) in [5, 5.41) is 19.6. The first kappa shape index (κ1) is 13.0. The van der Waals surface area contributed by atoms with E-state index in [1.54, 1.807) is 12.4 Å². The zero-order valence-corrected chi connectivity index (χ0v) is 9.25. The number of imidazole rings is 1. The van der Waals surface area contributed by atoms with Crippen molar-refractivity contribution in [3.05, 3.63) is 18.2 Å². The Balaban J connectivity index is 2.49. The largest absolute Gasteiger partial charge is 0.480 e. The summed E-state index contributed by atoms with van der Waals surface area (Å²) in [7, 11) is 1.49. The normalized spacial score (nSPS) is 11.9. The number of rotatable bonds is 5. The average Bonchev–Trinajstić information content (AvgIpc) is 2.77. The Hall–Kier alpha value is -2.09. The molecule has 1 rings (SSSR count). The van der Waals surface area contributed by atoms with Gasteiger partial charge in [-0.3, -0.25) is 0 Å². The molecule has 0 spiro atoms. The molecule has 2 amide bonds. The third-order valence-electron chi connectivity index (χ3n) is 2.07. The molecule has 0 aliphatic heterocycles. The number of hydrogen-bond acceptors (Lipinski definition) is 4. The van der Waals surface area contributed by atoms with Crippen LogP contribution in [0.5, 0.6) is 0 Å². The summed E-state index contributed by atoms with van der Waals surface area (Å²) < 4.78 is 0. The monoisotopic (exact) mass is 242 g/mol. The highest BCUT2D eigenvalue weighted by Gasteiger charge is 2.20. The smallest absolute Gasteiger partial charge is 0.328 e. The highest BCUT2D eigenvalue weighted by molar-refractivity contribution is 5.82. The van der Waals surface area contributed by atoms with E-state index in [4.69, 9.17) is 10.2 Å². The van der Waals surface area contributed by atoms with Gasteiger partial charge in [0.25, 0.3) is 0 Å². The number of aliphatic hydroxyl groups is 1. The van der Waals surface area contributed by atoms with E-state index < -0.39 is 24.6 Å². The summed E-state index contributed by atoms with van der Waals surface area (Å²) >= 11 is 0. The highest BCUT2D eigenvalue weighted by Crippen LogP contribution is 1.96. The van der Waals surface area contributed by atoms with E-state index in [1.807, 2.05) is 0 Å². The second-order valence-corrected chi connectivity index (χ2v) is 3.41. The number of carbonyl (C=O) groups excluding carboxylic acids is 1. The molecule has 8 heteroatoms. The number of carboxylic acid groups (broad SMARTS) is 1. The molecule has 94 valence electrons. The Bertz CT molecular complexity index is 378. The van der Waals surface area contributed by atoms with Crippen molar-refractivity contribution < 1.29 is 19.8 Å². The Morgan fingerprint density at radius 1 is 1.65 bits per heavy atom. The molecule has 4 N–H and O–H groups in total. The SMILES string of the molecule is CN(Cc1ncc[nH]1)C(=O)N[C@@H](CO)C(=O)O. The number of H-pyrrole nitrogens is 1. The minimum Gasteiger partial charge on any atom is -0.480 e. The lowest BCUT2D eigenvalue weighted by molar-refractivity contribution is -0.140. The fourth-order valence-electron chi connectivity index (χ4n) is 1.13. The molecular formula is C9H14N4O4. The van der Waals surface area contributed by atoms with Crippen molar-refractivity contribution >= 4 is 12.0 Å². The molecule has 17 heavy (non-hydrogen) atoms. The second-order valence-electron chi connectivity index (χ2n) is 3.41. The fraction of sp³-hybridized carbons (Fsp3) is 0.444. The third-order valence-corrected chi connectivity index (χ3v) is 2.07. The van der Waals surface area contributed by atoms with Gasteiger partial charge in [0.2, 0.25) is 0 Å². The van der Waals surface area contributed by atoms with Crippen LogP contribution in [0.2, 0.25) is 0 Å². The number of aliphatic carboxylic acids is 1. The van der Waals surface area contributed by atoms with Gasteiger partial charge in [0.15, 0.2) is 6.04 Å². The van der Waals surface area contributed by atoms with Crippen molar-refractivity contribution in [2.45, 2.75) is 12.6 Å². The molecule has 0 radical (unpaired) electrons. The summed E-state index contributed by atoms with van der Waals surface area (Å²) in [6.45, 7) is -0.438. The van der Waals surface area contributed by atoms with E-state index in [1.165, 1.54) is 11.9 Å². The molecule has 0 unspecified atom stereocenters. The molecule has 1 aromatic rings. The lowest BCUT2D eigenvalue weighted by Crippen LogP contribution is -2.48. The van der Waals surface area contributed by atoms with E-state index in [2.05, 4.69) is 15.3 Å². The number of carboxylic acids is 1. The third kappa shape index (κ3) is 3.76. The summed E-state index contributed by atoms with van der Waals surface area (Å²) in [5.41, 5.74) is 0. The first-order valence-corrected chi connectivity index (χ1v) is 4.88. The van der Waals surface area contributed by atoms with E-state index in [0.29, 0.717) is 5.82 Å². The van der Waals surface area contributed by atoms with Gasteiger partial charge in [0.05, 0.1) is 13.2 Å². The molecule has 1 aromatic heterocycles. The number of aliphatic hydroxyl groups excluding tert-OH is 1. The van der Waals surface area contributed by atoms with Crippen molar-refractivity contribution in [2.24, 2.45) is 0 Å². The Kier molecular flexibility index (Phi) is 4.46. The van der Waals surface area contributed by atoms with Crippen LogP contribution in [0.3, 0.4) is 0 Å². The van der Waals surface area contributed by atoms with Crippen LogP contribution in [0.4, 0.5) is 4.79 Å². The Morgan fingerprint density at radius 3 is 2.82 bits per heavy atom. The maximum Gasteiger partial charge on any atom is 0.328 e. The van der Waals surface area contributed by atoms with Gasteiger partial charge < -0.3 is 25.4 Å². The number of nitrogens with one attached hydrogen (secondary N) is 2. The van der Waals surface area contributed by atoms with Crippen LogP contribution in [0.15, 0.2) is 12.4 Å². The van der Waals surface area contributed by atoms with Crippen molar-refractivity contribution in [3.63, 3.8) is 0 Å². The van der Waals surface area contributed by atoms with Crippen molar-refractivity contribution in [3.8, 4) is 0 Å². The number of nitrogens with zero attached hydrogens (tertiary/aromatic N) is 2. The number of urea groups is 1. The van der Waals surface area contributed by atoms with E-state index >= 15 is 0 Å².